The van der Waals surface area contributed by atoms with Crippen molar-refractivity contribution >= 4 is 57.6 Å². The van der Waals surface area contributed by atoms with Crippen molar-refractivity contribution in [3.8, 4) is 0 Å². The Hall–Kier alpha value is -1.82. The summed E-state index contributed by atoms with van der Waals surface area (Å²) in [4.78, 5) is 14.8. The molecule has 1 aliphatic heterocycles. The van der Waals surface area contributed by atoms with Crippen LogP contribution in [0.3, 0.4) is 0 Å². The Balaban J connectivity index is 1.73. The normalized spacial score (nSPS) is 16.1. The number of carbonyl (C=O) groups is 1. The number of thiocarbonyl (C=S) groups is 1. The Bertz CT molecular complexity index is 835. The number of nitrogens with one attached hydrogen (secondary N) is 1. The molecule has 1 heterocycles. The SMILES string of the molecule is Cc1ccccc1NCN1C(=O)/C(=C\c2cccc(Cl)c2)SC1=S. The van der Waals surface area contributed by atoms with Crippen LogP contribution in [-0.4, -0.2) is 21.8 Å². The molecule has 1 amide bonds. The zero-order valence-corrected chi connectivity index (χ0v) is 15.3. The van der Waals surface area contributed by atoms with Gasteiger partial charge in [0.25, 0.3) is 5.91 Å². The number of para-hydroxylation sites is 1. The number of anilines is 1. The monoisotopic (exact) mass is 374 g/mol. The highest BCUT2D eigenvalue weighted by atomic mass is 35.5. The van der Waals surface area contributed by atoms with Gasteiger partial charge in [-0.05, 0) is 42.3 Å². The number of nitrogens with zero attached hydrogens (tertiary/aromatic N) is 1. The van der Waals surface area contributed by atoms with E-state index in [9.17, 15) is 4.79 Å². The standard InChI is InChI=1S/C18H15ClN2OS2/c1-12-5-2-3-8-15(12)20-11-21-17(22)16(24-18(21)23)10-13-6-4-7-14(19)9-13/h2-10,20H,11H2,1H3/b16-10+. The quantitative estimate of drug-likeness (QED) is 0.608. The van der Waals surface area contributed by atoms with E-state index in [1.54, 1.807) is 11.0 Å². The third kappa shape index (κ3) is 3.80. The summed E-state index contributed by atoms with van der Waals surface area (Å²) in [5.74, 6) is -0.0916. The van der Waals surface area contributed by atoms with E-state index in [0.717, 1.165) is 16.8 Å². The fourth-order valence-corrected chi connectivity index (χ4v) is 3.77. The number of hydrogen-bond acceptors (Lipinski definition) is 4. The van der Waals surface area contributed by atoms with E-state index in [2.05, 4.69) is 5.32 Å². The van der Waals surface area contributed by atoms with Crippen molar-refractivity contribution in [2.24, 2.45) is 0 Å². The number of aryl methyl sites for hydroxylation is 1. The van der Waals surface area contributed by atoms with Crippen LogP contribution < -0.4 is 5.32 Å². The van der Waals surface area contributed by atoms with E-state index >= 15 is 0 Å². The fourth-order valence-electron chi connectivity index (χ4n) is 2.32. The summed E-state index contributed by atoms with van der Waals surface area (Å²) in [6.07, 6.45) is 1.82. The van der Waals surface area contributed by atoms with Gasteiger partial charge in [0, 0.05) is 10.7 Å². The molecule has 1 fully saturated rings. The van der Waals surface area contributed by atoms with Gasteiger partial charge in [-0.15, -0.1) is 0 Å². The van der Waals surface area contributed by atoms with Crippen LogP contribution in [0.25, 0.3) is 6.08 Å². The topological polar surface area (TPSA) is 32.3 Å². The van der Waals surface area contributed by atoms with Crippen molar-refractivity contribution in [3.05, 3.63) is 69.6 Å². The molecule has 2 aromatic rings. The second kappa shape index (κ2) is 7.38. The van der Waals surface area contributed by atoms with E-state index in [1.165, 1.54) is 11.8 Å². The molecule has 0 bridgehead atoms. The van der Waals surface area contributed by atoms with Crippen LogP contribution >= 0.6 is 35.6 Å². The molecule has 0 radical (unpaired) electrons. The predicted octanol–water partition coefficient (Wildman–Crippen LogP) is 4.92. The fraction of sp³-hybridized carbons (Fsp3) is 0.111. The Morgan fingerprint density at radius 3 is 2.79 bits per heavy atom. The summed E-state index contributed by atoms with van der Waals surface area (Å²) >= 11 is 12.6. The van der Waals surface area contributed by atoms with Crippen LogP contribution in [0.1, 0.15) is 11.1 Å². The van der Waals surface area contributed by atoms with E-state index in [0.29, 0.717) is 20.9 Å². The van der Waals surface area contributed by atoms with E-state index in [1.807, 2.05) is 55.5 Å². The predicted molar refractivity (Wildman–Crippen MR) is 106 cm³/mol. The molecule has 1 aliphatic rings. The highest BCUT2D eigenvalue weighted by Crippen LogP contribution is 2.32. The lowest BCUT2D eigenvalue weighted by Gasteiger charge is -2.17. The minimum Gasteiger partial charge on any atom is -0.367 e. The molecule has 0 aromatic heterocycles. The number of thioether (sulfide) groups is 1. The van der Waals surface area contributed by atoms with Gasteiger partial charge < -0.3 is 5.32 Å². The van der Waals surface area contributed by atoms with Gasteiger partial charge in [-0.2, -0.15) is 0 Å². The number of hydrogen-bond donors (Lipinski definition) is 1. The number of benzene rings is 2. The van der Waals surface area contributed by atoms with Crippen LogP contribution in [-0.2, 0) is 4.79 Å². The molecule has 0 spiro atoms. The van der Waals surface area contributed by atoms with Crippen molar-refractivity contribution in [1.29, 1.82) is 0 Å². The Morgan fingerprint density at radius 2 is 2.04 bits per heavy atom. The molecule has 0 unspecified atom stereocenters. The average molecular weight is 375 g/mol. The van der Waals surface area contributed by atoms with Gasteiger partial charge in [-0.25, -0.2) is 0 Å². The van der Waals surface area contributed by atoms with Crippen LogP contribution in [0.15, 0.2) is 53.4 Å². The molecule has 122 valence electrons. The van der Waals surface area contributed by atoms with Crippen LogP contribution in [0.5, 0.6) is 0 Å². The molecule has 1 N–H and O–H groups in total. The Morgan fingerprint density at radius 1 is 1.25 bits per heavy atom. The Labute approximate surface area is 155 Å². The summed E-state index contributed by atoms with van der Waals surface area (Å²) in [6.45, 7) is 2.37. The van der Waals surface area contributed by atoms with Crippen molar-refractivity contribution in [2.75, 3.05) is 12.0 Å². The first kappa shape index (κ1) is 17.0. The molecule has 1 saturated heterocycles. The number of rotatable bonds is 4. The molecular weight excluding hydrogens is 360 g/mol. The molecular formula is C18H15ClN2OS2. The molecule has 0 aliphatic carbocycles. The first-order valence-corrected chi connectivity index (χ1v) is 8.95. The molecule has 6 heteroatoms. The maximum absolute atomic E-state index is 12.6. The van der Waals surface area contributed by atoms with E-state index < -0.39 is 0 Å². The molecule has 2 aromatic carbocycles. The highest BCUT2D eigenvalue weighted by molar-refractivity contribution is 8.26. The highest BCUT2D eigenvalue weighted by Gasteiger charge is 2.31. The first-order chi connectivity index (χ1) is 11.5. The van der Waals surface area contributed by atoms with E-state index in [4.69, 9.17) is 23.8 Å². The van der Waals surface area contributed by atoms with Gasteiger partial charge in [0.1, 0.15) is 4.32 Å². The smallest absolute Gasteiger partial charge is 0.267 e. The molecule has 0 saturated carbocycles. The number of halogens is 1. The largest absolute Gasteiger partial charge is 0.367 e. The van der Waals surface area contributed by atoms with E-state index in [-0.39, 0.29) is 5.91 Å². The maximum Gasteiger partial charge on any atom is 0.267 e. The van der Waals surface area contributed by atoms with Crippen LogP contribution in [0.4, 0.5) is 5.69 Å². The summed E-state index contributed by atoms with van der Waals surface area (Å²) in [5.41, 5.74) is 3.00. The third-order valence-electron chi connectivity index (χ3n) is 3.59. The van der Waals surface area contributed by atoms with Gasteiger partial charge in [0.15, 0.2) is 0 Å². The summed E-state index contributed by atoms with van der Waals surface area (Å²) in [7, 11) is 0. The number of amides is 1. The molecule has 3 rings (SSSR count). The van der Waals surface area contributed by atoms with Gasteiger partial charge in [0.2, 0.25) is 0 Å². The van der Waals surface area contributed by atoms with Crippen molar-refractivity contribution in [3.63, 3.8) is 0 Å². The lowest BCUT2D eigenvalue weighted by Crippen LogP contribution is -2.33. The second-order valence-corrected chi connectivity index (χ2v) is 7.43. The first-order valence-electron chi connectivity index (χ1n) is 7.35. The summed E-state index contributed by atoms with van der Waals surface area (Å²) in [6, 6.07) is 15.3. The lowest BCUT2D eigenvalue weighted by molar-refractivity contribution is -0.121. The van der Waals surface area contributed by atoms with Crippen molar-refractivity contribution in [1.82, 2.24) is 4.90 Å². The van der Waals surface area contributed by atoms with Crippen molar-refractivity contribution in [2.45, 2.75) is 6.92 Å². The zero-order chi connectivity index (χ0) is 17.1. The minimum absolute atomic E-state index is 0.0916. The van der Waals surface area contributed by atoms with Crippen molar-refractivity contribution < 1.29 is 4.79 Å². The zero-order valence-electron chi connectivity index (χ0n) is 13.0. The summed E-state index contributed by atoms with van der Waals surface area (Å²) in [5, 5.41) is 3.90. The molecule has 24 heavy (non-hydrogen) atoms. The Kier molecular flexibility index (Phi) is 5.23. The minimum atomic E-state index is -0.0916. The third-order valence-corrected chi connectivity index (χ3v) is 5.21. The average Bonchev–Trinajstić information content (AvgIpc) is 2.81. The molecule has 3 nitrogen and oxygen atoms in total. The second-order valence-electron chi connectivity index (χ2n) is 5.31. The number of carbonyl (C=O) groups excluding carboxylic acids is 1. The maximum atomic E-state index is 12.6. The van der Waals surface area contributed by atoms with Gasteiger partial charge in [0.05, 0.1) is 11.6 Å². The summed E-state index contributed by atoms with van der Waals surface area (Å²) < 4.78 is 0.550. The lowest BCUT2D eigenvalue weighted by atomic mass is 10.2. The van der Waals surface area contributed by atoms with Gasteiger partial charge in [-0.1, -0.05) is 65.9 Å². The molecule has 0 atom stereocenters. The van der Waals surface area contributed by atoms with Gasteiger partial charge in [-0.3, -0.25) is 9.69 Å². The van der Waals surface area contributed by atoms with Crippen LogP contribution in [0.2, 0.25) is 5.02 Å². The van der Waals surface area contributed by atoms with Gasteiger partial charge >= 0.3 is 0 Å². The van der Waals surface area contributed by atoms with Crippen LogP contribution in [0, 0.1) is 6.92 Å².